The predicted octanol–water partition coefficient (Wildman–Crippen LogP) is 3.78. The highest BCUT2D eigenvalue weighted by Crippen LogP contribution is 2.47. The van der Waals surface area contributed by atoms with Gasteiger partial charge in [-0.15, -0.1) is 0 Å². The molecule has 4 rings (SSSR count). The third-order valence-corrected chi connectivity index (χ3v) is 4.67. The highest BCUT2D eigenvalue weighted by atomic mass is 19.3. The second-order valence-electron chi connectivity index (χ2n) is 6.54. The number of halogens is 4. The summed E-state index contributed by atoms with van der Waals surface area (Å²) in [5.41, 5.74) is -4.38. The SMILES string of the molecule is OC(Cn1cncn1)(c1ccc(F)cc1F)C(F)(F)c1ccc2ccccc2n1. The Balaban J connectivity index is 1.90. The van der Waals surface area contributed by atoms with Crippen LogP contribution in [0.15, 0.2) is 67.3 Å². The Morgan fingerprint density at radius 3 is 2.52 bits per heavy atom. The van der Waals surface area contributed by atoms with E-state index < -0.39 is 41.0 Å². The fourth-order valence-corrected chi connectivity index (χ4v) is 3.18. The summed E-state index contributed by atoms with van der Waals surface area (Å²) < 4.78 is 60.1. The van der Waals surface area contributed by atoms with Crippen molar-refractivity contribution >= 4 is 10.9 Å². The summed E-state index contributed by atoms with van der Waals surface area (Å²) in [6.45, 7) is -0.836. The van der Waals surface area contributed by atoms with Gasteiger partial charge in [-0.05, 0) is 24.3 Å². The van der Waals surface area contributed by atoms with Gasteiger partial charge >= 0.3 is 5.92 Å². The van der Waals surface area contributed by atoms with E-state index in [9.17, 15) is 13.9 Å². The van der Waals surface area contributed by atoms with Crippen molar-refractivity contribution in [2.45, 2.75) is 18.1 Å². The second-order valence-corrected chi connectivity index (χ2v) is 6.54. The van der Waals surface area contributed by atoms with Crippen molar-refractivity contribution in [3.8, 4) is 0 Å². The molecule has 0 fully saturated rings. The minimum atomic E-state index is -4.05. The van der Waals surface area contributed by atoms with E-state index in [0.29, 0.717) is 11.5 Å². The first-order valence-corrected chi connectivity index (χ1v) is 8.56. The standard InChI is InChI=1S/C20H14F4N4O/c21-14-6-7-15(16(22)9-14)19(29,10-28-12-25-11-26-28)20(23,24)18-8-5-13-3-1-2-4-17(13)27-18/h1-9,11-12,29H,10H2. The average Bonchev–Trinajstić information content (AvgIpc) is 3.20. The van der Waals surface area contributed by atoms with E-state index >= 15 is 8.78 Å². The van der Waals surface area contributed by atoms with Crippen LogP contribution in [-0.4, -0.2) is 24.9 Å². The van der Waals surface area contributed by atoms with E-state index in [1.54, 1.807) is 24.3 Å². The van der Waals surface area contributed by atoms with Crippen LogP contribution in [0.4, 0.5) is 17.6 Å². The van der Waals surface area contributed by atoms with Crippen molar-refractivity contribution in [1.29, 1.82) is 0 Å². The number of pyridine rings is 1. The minimum Gasteiger partial charge on any atom is -0.377 e. The lowest BCUT2D eigenvalue weighted by atomic mass is 9.84. The molecule has 9 heteroatoms. The Morgan fingerprint density at radius 1 is 1.00 bits per heavy atom. The van der Waals surface area contributed by atoms with Crippen molar-refractivity contribution < 1.29 is 22.7 Å². The fourth-order valence-electron chi connectivity index (χ4n) is 3.18. The normalized spacial score (nSPS) is 14.1. The van der Waals surface area contributed by atoms with Crippen LogP contribution in [0.5, 0.6) is 0 Å². The zero-order valence-electron chi connectivity index (χ0n) is 14.8. The van der Waals surface area contributed by atoms with Crippen LogP contribution >= 0.6 is 0 Å². The maximum absolute atomic E-state index is 15.7. The van der Waals surface area contributed by atoms with Gasteiger partial charge in [0.05, 0.1) is 12.1 Å². The van der Waals surface area contributed by atoms with E-state index in [0.717, 1.165) is 35.5 Å². The van der Waals surface area contributed by atoms with Crippen LogP contribution in [0.1, 0.15) is 11.3 Å². The number of fused-ring (bicyclic) bond motifs is 1. The van der Waals surface area contributed by atoms with Crippen LogP contribution in [0.3, 0.4) is 0 Å². The minimum absolute atomic E-state index is 0.285. The molecule has 0 spiro atoms. The molecule has 0 aliphatic heterocycles. The van der Waals surface area contributed by atoms with Gasteiger partial charge in [-0.2, -0.15) is 13.9 Å². The highest BCUT2D eigenvalue weighted by Gasteiger charge is 2.57. The van der Waals surface area contributed by atoms with Crippen molar-refractivity contribution in [3.63, 3.8) is 0 Å². The zero-order chi connectivity index (χ0) is 20.6. The summed E-state index contributed by atoms with van der Waals surface area (Å²) in [4.78, 5) is 7.62. The molecule has 0 aliphatic rings. The highest BCUT2D eigenvalue weighted by molar-refractivity contribution is 5.78. The third kappa shape index (κ3) is 3.23. The monoisotopic (exact) mass is 402 g/mol. The molecule has 1 unspecified atom stereocenters. The van der Waals surface area contributed by atoms with Gasteiger partial charge in [0.25, 0.3) is 0 Å². The molecular weight excluding hydrogens is 388 g/mol. The smallest absolute Gasteiger partial charge is 0.323 e. The van der Waals surface area contributed by atoms with Crippen molar-refractivity contribution in [3.05, 3.63) is 90.1 Å². The Kier molecular flexibility index (Phi) is 4.54. The number of para-hydroxylation sites is 1. The van der Waals surface area contributed by atoms with Crippen LogP contribution in [0, 0.1) is 11.6 Å². The first kappa shape index (κ1) is 19.0. The fraction of sp³-hybridized carbons (Fsp3) is 0.150. The summed E-state index contributed by atoms with van der Waals surface area (Å²) in [6, 6.07) is 11.1. The summed E-state index contributed by atoms with van der Waals surface area (Å²) >= 11 is 0. The number of aliphatic hydroxyl groups is 1. The summed E-state index contributed by atoms with van der Waals surface area (Å²) in [7, 11) is 0. The molecular formula is C20H14F4N4O. The second kappa shape index (κ2) is 6.93. The molecule has 0 bridgehead atoms. The van der Waals surface area contributed by atoms with Gasteiger partial charge < -0.3 is 5.11 Å². The van der Waals surface area contributed by atoms with Crippen LogP contribution in [0.25, 0.3) is 10.9 Å². The van der Waals surface area contributed by atoms with Crippen LogP contribution in [0.2, 0.25) is 0 Å². The van der Waals surface area contributed by atoms with Crippen molar-refractivity contribution in [1.82, 2.24) is 19.7 Å². The summed E-state index contributed by atoms with van der Waals surface area (Å²) in [5, 5.41) is 15.5. The molecule has 29 heavy (non-hydrogen) atoms. The number of hydrogen-bond donors (Lipinski definition) is 1. The average molecular weight is 402 g/mol. The molecule has 0 amide bonds. The van der Waals surface area contributed by atoms with Gasteiger partial charge in [0.2, 0.25) is 0 Å². The first-order valence-electron chi connectivity index (χ1n) is 8.56. The lowest BCUT2D eigenvalue weighted by Crippen LogP contribution is -2.48. The quantitative estimate of drug-likeness (QED) is 0.516. The molecule has 2 aromatic heterocycles. The van der Waals surface area contributed by atoms with E-state index in [1.807, 2.05) is 0 Å². The molecule has 0 radical (unpaired) electrons. The Hall–Kier alpha value is -3.33. The van der Waals surface area contributed by atoms with Crippen LogP contribution < -0.4 is 0 Å². The molecule has 0 saturated heterocycles. The van der Waals surface area contributed by atoms with Gasteiger partial charge in [-0.1, -0.05) is 24.3 Å². The largest absolute Gasteiger partial charge is 0.377 e. The lowest BCUT2D eigenvalue weighted by Gasteiger charge is -2.36. The molecule has 1 N–H and O–H groups in total. The molecule has 2 aromatic carbocycles. The maximum Gasteiger partial charge on any atom is 0.323 e. The number of aromatic nitrogens is 4. The number of benzene rings is 2. The molecule has 5 nitrogen and oxygen atoms in total. The van der Waals surface area contributed by atoms with Gasteiger partial charge in [-0.25, -0.2) is 23.4 Å². The van der Waals surface area contributed by atoms with Gasteiger partial charge in [0, 0.05) is 17.0 Å². The number of hydrogen-bond acceptors (Lipinski definition) is 4. The Morgan fingerprint density at radius 2 is 1.79 bits per heavy atom. The molecule has 2 heterocycles. The first-order chi connectivity index (χ1) is 13.8. The van der Waals surface area contributed by atoms with Crippen molar-refractivity contribution in [2.24, 2.45) is 0 Å². The summed E-state index contributed by atoms with van der Waals surface area (Å²) in [5.74, 6) is -6.32. The summed E-state index contributed by atoms with van der Waals surface area (Å²) in [6.07, 6.45) is 2.20. The molecule has 4 aromatic rings. The van der Waals surface area contributed by atoms with Gasteiger partial charge in [0.1, 0.15) is 30.0 Å². The molecule has 148 valence electrons. The number of rotatable bonds is 5. The molecule has 0 saturated carbocycles. The number of nitrogens with zero attached hydrogens (tertiary/aromatic N) is 4. The number of alkyl halides is 2. The topological polar surface area (TPSA) is 63.8 Å². The lowest BCUT2D eigenvalue weighted by molar-refractivity contribution is -0.207. The van der Waals surface area contributed by atoms with Gasteiger partial charge in [-0.3, -0.25) is 0 Å². The maximum atomic E-state index is 15.7. The third-order valence-electron chi connectivity index (χ3n) is 4.67. The van der Waals surface area contributed by atoms with Crippen LogP contribution in [-0.2, 0) is 18.1 Å². The van der Waals surface area contributed by atoms with E-state index in [1.165, 1.54) is 6.07 Å². The van der Waals surface area contributed by atoms with E-state index in [2.05, 4.69) is 15.1 Å². The zero-order valence-corrected chi connectivity index (χ0v) is 14.8. The molecule has 1 atom stereocenters. The predicted molar refractivity (Wildman–Crippen MR) is 95.9 cm³/mol. The molecule has 0 aliphatic carbocycles. The van der Waals surface area contributed by atoms with Crippen molar-refractivity contribution in [2.75, 3.05) is 0 Å². The van der Waals surface area contributed by atoms with E-state index in [-0.39, 0.29) is 5.52 Å². The Bertz CT molecular complexity index is 1170. The van der Waals surface area contributed by atoms with Gasteiger partial charge in [0.15, 0.2) is 5.60 Å². The van der Waals surface area contributed by atoms with E-state index in [4.69, 9.17) is 0 Å². The Labute approximate surface area is 162 Å².